The van der Waals surface area contributed by atoms with E-state index in [9.17, 15) is 10.2 Å². The van der Waals surface area contributed by atoms with Crippen molar-refractivity contribution in [3.8, 4) is 5.75 Å². The molecule has 0 aliphatic carbocycles. The molecular formula is C14H20N4O2. The Hall–Kier alpha value is -1.92. The lowest BCUT2D eigenvalue weighted by atomic mass is 10.1. The van der Waals surface area contributed by atoms with Gasteiger partial charge < -0.3 is 15.5 Å². The molecule has 6 nitrogen and oxygen atoms in total. The van der Waals surface area contributed by atoms with Gasteiger partial charge in [-0.25, -0.2) is 0 Å². The summed E-state index contributed by atoms with van der Waals surface area (Å²) in [6, 6.07) is 0. The highest BCUT2D eigenvalue weighted by molar-refractivity contribution is 5.40. The van der Waals surface area contributed by atoms with E-state index in [1.54, 1.807) is 13.1 Å². The Morgan fingerprint density at radius 2 is 2.10 bits per heavy atom. The SMILES string of the molecule is Cc1cnn(CCNCc2c(CO)cnc(C)c2O)c1. The monoisotopic (exact) mass is 276 g/mol. The molecule has 6 heteroatoms. The van der Waals surface area contributed by atoms with Crippen LogP contribution in [0.15, 0.2) is 18.6 Å². The van der Waals surface area contributed by atoms with Gasteiger partial charge in [0.05, 0.1) is 25.0 Å². The van der Waals surface area contributed by atoms with E-state index in [1.807, 2.05) is 24.0 Å². The minimum Gasteiger partial charge on any atom is -0.506 e. The van der Waals surface area contributed by atoms with Crippen LogP contribution in [0.1, 0.15) is 22.4 Å². The van der Waals surface area contributed by atoms with E-state index in [4.69, 9.17) is 0 Å². The molecular weight excluding hydrogens is 256 g/mol. The first-order valence-corrected chi connectivity index (χ1v) is 6.58. The lowest BCUT2D eigenvalue weighted by Crippen LogP contribution is -2.20. The van der Waals surface area contributed by atoms with E-state index in [1.165, 1.54) is 0 Å². The molecule has 0 radical (unpaired) electrons. The van der Waals surface area contributed by atoms with E-state index in [2.05, 4.69) is 15.4 Å². The Kier molecular flexibility index (Phi) is 4.70. The molecule has 0 amide bonds. The van der Waals surface area contributed by atoms with Crippen LogP contribution in [0, 0.1) is 13.8 Å². The van der Waals surface area contributed by atoms with Gasteiger partial charge in [-0.1, -0.05) is 0 Å². The number of nitrogens with one attached hydrogen (secondary N) is 1. The Bertz CT molecular complexity index is 581. The highest BCUT2D eigenvalue weighted by atomic mass is 16.3. The second-order valence-corrected chi connectivity index (χ2v) is 4.81. The summed E-state index contributed by atoms with van der Waals surface area (Å²) in [7, 11) is 0. The molecule has 0 saturated heterocycles. The quantitative estimate of drug-likeness (QED) is 0.682. The molecule has 2 heterocycles. The highest BCUT2D eigenvalue weighted by Crippen LogP contribution is 2.23. The number of aliphatic hydroxyl groups excluding tert-OH is 1. The molecule has 2 aromatic heterocycles. The number of hydrogen-bond acceptors (Lipinski definition) is 5. The van der Waals surface area contributed by atoms with Crippen molar-refractivity contribution in [1.82, 2.24) is 20.1 Å². The maximum atomic E-state index is 10.00. The first-order valence-electron chi connectivity index (χ1n) is 6.58. The lowest BCUT2D eigenvalue weighted by molar-refractivity contribution is 0.278. The van der Waals surface area contributed by atoms with Crippen LogP contribution in [0.5, 0.6) is 5.75 Å². The molecule has 0 aromatic carbocycles. The number of hydrogen-bond donors (Lipinski definition) is 3. The summed E-state index contributed by atoms with van der Waals surface area (Å²) in [6.45, 7) is 5.59. The van der Waals surface area contributed by atoms with Crippen molar-refractivity contribution < 1.29 is 10.2 Å². The Morgan fingerprint density at radius 1 is 1.30 bits per heavy atom. The zero-order chi connectivity index (χ0) is 14.5. The number of aliphatic hydroxyl groups is 1. The molecule has 108 valence electrons. The number of pyridine rings is 1. The third kappa shape index (κ3) is 3.34. The molecule has 20 heavy (non-hydrogen) atoms. The molecule has 0 fully saturated rings. The van der Waals surface area contributed by atoms with Gasteiger partial charge in [0, 0.05) is 36.6 Å². The van der Waals surface area contributed by atoms with Crippen molar-refractivity contribution in [1.29, 1.82) is 0 Å². The Morgan fingerprint density at radius 3 is 2.75 bits per heavy atom. The lowest BCUT2D eigenvalue weighted by Gasteiger charge is -2.12. The van der Waals surface area contributed by atoms with E-state index < -0.39 is 0 Å². The van der Waals surface area contributed by atoms with Gasteiger partial charge in [0.1, 0.15) is 5.75 Å². The first kappa shape index (κ1) is 14.5. The van der Waals surface area contributed by atoms with Crippen LogP contribution in [0.2, 0.25) is 0 Å². The van der Waals surface area contributed by atoms with Gasteiger partial charge in [0.25, 0.3) is 0 Å². The molecule has 0 spiro atoms. The molecule has 0 unspecified atom stereocenters. The topological polar surface area (TPSA) is 83.2 Å². The maximum absolute atomic E-state index is 10.00. The van der Waals surface area contributed by atoms with Crippen molar-refractivity contribution >= 4 is 0 Å². The van der Waals surface area contributed by atoms with Gasteiger partial charge in [-0.05, 0) is 19.4 Å². The van der Waals surface area contributed by atoms with E-state index in [-0.39, 0.29) is 12.4 Å². The van der Waals surface area contributed by atoms with Gasteiger partial charge >= 0.3 is 0 Å². The van der Waals surface area contributed by atoms with Crippen molar-refractivity contribution in [3.05, 3.63) is 41.0 Å². The zero-order valence-electron chi connectivity index (χ0n) is 11.8. The van der Waals surface area contributed by atoms with Crippen molar-refractivity contribution in [2.24, 2.45) is 0 Å². The highest BCUT2D eigenvalue weighted by Gasteiger charge is 2.10. The predicted molar refractivity (Wildman–Crippen MR) is 75.2 cm³/mol. The minimum absolute atomic E-state index is 0.129. The summed E-state index contributed by atoms with van der Waals surface area (Å²) in [5.74, 6) is 0.152. The molecule has 0 atom stereocenters. The molecule has 3 N–H and O–H groups in total. The van der Waals surface area contributed by atoms with Crippen LogP contribution in [0.3, 0.4) is 0 Å². The number of aryl methyl sites for hydroxylation is 2. The summed E-state index contributed by atoms with van der Waals surface area (Å²) >= 11 is 0. The molecule has 0 saturated carbocycles. The molecule has 2 aromatic rings. The van der Waals surface area contributed by atoms with E-state index in [0.29, 0.717) is 23.4 Å². The first-order chi connectivity index (χ1) is 9.61. The summed E-state index contributed by atoms with van der Waals surface area (Å²) in [5.41, 5.74) is 3.06. The summed E-state index contributed by atoms with van der Waals surface area (Å²) in [5, 5.41) is 26.7. The normalized spacial score (nSPS) is 10.9. The van der Waals surface area contributed by atoms with Crippen LogP contribution < -0.4 is 5.32 Å². The number of rotatable bonds is 6. The Labute approximate surface area is 118 Å². The van der Waals surface area contributed by atoms with Crippen molar-refractivity contribution in [3.63, 3.8) is 0 Å². The number of aromatic hydroxyl groups is 1. The smallest absolute Gasteiger partial charge is 0.141 e. The van der Waals surface area contributed by atoms with Gasteiger partial charge in [-0.3, -0.25) is 9.67 Å². The second-order valence-electron chi connectivity index (χ2n) is 4.81. The predicted octanol–water partition coefficient (Wildman–Crippen LogP) is 0.883. The fourth-order valence-corrected chi connectivity index (χ4v) is 2.01. The van der Waals surface area contributed by atoms with Gasteiger partial charge in [-0.15, -0.1) is 0 Å². The average molecular weight is 276 g/mol. The van der Waals surface area contributed by atoms with E-state index >= 15 is 0 Å². The summed E-state index contributed by atoms with van der Waals surface area (Å²) in [4.78, 5) is 4.04. The summed E-state index contributed by atoms with van der Waals surface area (Å²) in [6.07, 6.45) is 5.40. The second kappa shape index (κ2) is 6.49. The van der Waals surface area contributed by atoms with Crippen LogP contribution in [0.4, 0.5) is 0 Å². The zero-order valence-corrected chi connectivity index (χ0v) is 11.8. The fourth-order valence-electron chi connectivity index (χ4n) is 2.01. The third-order valence-corrected chi connectivity index (χ3v) is 3.18. The third-order valence-electron chi connectivity index (χ3n) is 3.18. The van der Waals surface area contributed by atoms with Gasteiger partial charge in [0.2, 0.25) is 0 Å². The van der Waals surface area contributed by atoms with Gasteiger partial charge in [-0.2, -0.15) is 5.10 Å². The molecule has 2 rings (SSSR count). The minimum atomic E-state index is -0.129. The standard InChI is InChI=1S/C14H20N4O2/c1-10-5-17-18(8-10)4-3-15-7-13-12(9-19)6-16-11(2)14(13)20/h5-6,8,15,19-20H,3-4,7,9H2,1-2H3. The van der Waals surface area contributed by atoms with E-state index in [0.717, 1.165) is 18.7 Å². The largest absolute Gasteiger partial charge is 0.506 e. The Balaban J connectivity index is 1.92. The molecule has 0 aliphatic rings. The molecule has 0 bridgehead atoms. The van der Waals surface area contributed by atoms with Gasteiger partial charge in [0.15, 0.2) is 0 Å². The van der Waals surface area contributed by atoms with Crippen LogP contribution in [-0.2, 0) is 19.7 Å². The number of aromatic nitrogens is 3. The fraction of sp³-hybridized carbons (Fsp3) is 0.429. The summed E-state index contributed by atoms with van der Waals surface area (Å²) < 4.78 is 1.87. The van der Waals surface area contributed by atoms with Crippen LogP contribution in [-0.4, -0.2) is 31.5 Å². The van der Waals surface area contributed by atoms with Crippen molar-refractivity contribution in [2.75, 3.05) is 6.54 Å². The van der Waals surface area contributed by atoms with Crippen LogP contribution in [0.25, 0.3) is 0 Å². The number of nitrogens with zero attached hydrogens (tertiary/aromatic N) is 3. The molecule has 0 aliphatic heterocycles. The van der Waals surface area contributed by atoms with Crippen molar-refractivity contribution in [2.45, 2.75) is 33.5 Å². The average Bonchev–Trinajstić information content (AvgIpc) is 2.85. The maximum Gasteiger partial charge on any atom is 0.141 e. The van der Waals surface area contributed by atoms with Crippen LogP contribution >= 0.6 is 0 Å².